The second kappa shape index (κ2) is 20.0. The number of thioether (sulfide) groups is 1. The first kappa shape index (κ1) is 40.5. The fraction of sp³-hybridized carbons (Fsp3) is 0.576. The van der Waals surface area contributed by atoms with Gasteiger partial charge in [-0.05, 0) is 60.5 Å². The maximum absolute atomic E-state index is 12.5. The summed E-state index contributed by atoms with van der Waals surface area (Å²) in [5, 5.41) is 11.5. The average Bonchev–Trinajstić information content (AvgIpc) is 3.81. The number of nitrogens with one attached hydrogen (secondary N) is 1. The van der Waals surface area contributed by atoms with Gasteiger partial charge in [0.05, 0.1) is 15.5 Å². The summed E-state index contributed by atoms with van der Waals surface area (Å²) in [6, 6.07) is 4.27. The molecule has 264 valence electrons. The lowest BCUT2D eigenvalue weighted by Gasteiger charge is -2.12. The fourth-order valence-corrected chi connectivity index (χ4v) is 6.84. The van der Waals surface area contributed by atoms with Gasteiger partial charge in [0.2, 0.25) is 0 Å². The van der Waals surface area contributed by atoms with Crippen LogP contribution < -0.4 is 11.1 Å². The maximum atomic E-state index is 12.5. The van der Waals surface area contributed by atoms with Crippen LogP contribution in [0.5, 0.6) is 5.75 Å². The van der Waals surface area contributed by atoms with E-state index < -0.39 is 52.5 Å². The molecule has 3 rings (SSSR count). The first-order valence-corrected chi connectivity index (χ1v) is 20.0. The van der Waals surface area contributed by atoms with Crippen LogP contribution in [0.3, 0.4) is 0 Å². The molecule has 2 aromatic carbocycles. The summed E-state index contributed by atoms with van der Waals surface area (Å²) in [6.45, 7) is 3.87. The van der Waals surface area contributed by atoms with Crippen molar-refractivity contribution in [3.63, 3.8) is 0 Å². The van der Waals surface area contributed by atoms with Crippen LogP contribution in [0.4, 0.5) is 10.5 Å². The Labute approximate surface area is 284 Å². The molecule has 0 heterocycles. The first-order chi connectivity index (χ1) is 22.1. The molecular formula is C33H50N2O9S3. The minimum absolute atomic E-state index is 0.185. The summed E-state index contributed by atoms with van der Waals surface area (Å²) >= 11 is 0.634. The van der Waals surface area contributed by atoms with E-state index in [-0.39, 0.29) is 5.69 Å². The van der Waals surface area contributed by atoms with E-state index in [4.69, 9.17) is 14.8 Å². The van der Waals surface area contributed by atoms with Gasteiger partial charge in [-0.15, -0.1) is 0 Å². The quantitative estimate of drug-likeness (QED) is 0.0406. The Morgan fingerprint density at radius 3 is 1.68 bits per heavy atom. The second-order valence-corrected chi connectivity index (χ2v) is 16.0. The Morgan fingerprint density at radius 2 is 1.26 bits per heavy atom. The molecule has 1 saturated carbocycles. The van der Waals surface area contributed by atoms with Crippen molar-refractivity contribution in [2.24, 2.45) is 11.7 Å². The van der Waals surface area contributed by atoms with Gasteiger partial charge in [0.1, 0.15) is 5.75 Å². The van der Waals surface area contributed by atoms with Crippen LogP contribution in [0.15, 0.2) is 45.0 Å². The molecule has 1 aliphatic rings. The van der Waals surface area contributed by atoms with Gasteiger partial charge < -0.3 is 16.2 Å². The molecule has 0 bridgehead atoms. The number of nitrogens with two attached hydrogens (primary N) is 1. The SMILES string of the molecule is CCCCCCCCCCCCCCCC1CC1.Cc1cc(O)c(NC(=O)c2cc(S(=O)(=O)O)cc(S(=O)(=O)O)c2)cc1SC(N)=O. The second-order valence-electron chi connectivity index (χ2n) is 12.1. The van der Waals surface area contributed by atoms with Crippen molar-refractivity contribution >= 4 is 48.8 Å². The molecule has 2 aromatic rings. The third-order valence-electron chi connectivity index (χ3n) is 7.90. The van der Waals surface area contributed by atoms with Crippen molar-refractivity contribution in [1.29, 1.82) is 0 Å². The zero-order valence-electron chi connectivity index (χ0n) is 27.4. The fourth-order valence-electron chi connectivity index (χ4n) is 5.04. The van der Waals surface area contributed by atoms with Crippen molar-refractivity contribution in [3.8, 4) is 5.75 Å². The molecule has 1 fully saturated rings. The van der Waals surface area contributed by atoms with E-state index in [2.05, 4.69) is 12.2 Å². The molecule has 0 saturated heterocycles. The summed E-state index contributed by atoms with van der Waals surface area (Å²) in [6.07, 6.45) is 23.9. The van der Waals surface area contributed by atoms with E-state index >= 15 is 0 Å². The summed E-state index contributed by atoms with van der Waals surface area (Å²) < 4.78 is 63.7. The lowest BCUT2D eigenvalue weighted by Crippen LogP contribution is -2.15. The minimum Gasteiger partial charge on any atom is -0.506 e. The van der Waals surface area contributed by atoms with Gasteiger partial charge in [-0.25, -0.2) is 0 Å². The predicted octanol–water partition coefficient (Wildman–Crippen LogP) is 8.49. The highest BCUT2D eigenvalue weighted by Crippen LogP contribution is 2.34. The number of unbranched alkanes of at least 4 members (excludes halogenated alkanes) is 12. The summed E-state index contributed by atoms with van der Waals surface area (Å²) in [5.41, 5.74) is 4.84. The van der Waals surface area contributed by atoms with Gasteiger partial charge in [-0.1, -0.05) is 110 Å². The van der Waals surface area contributed by atoms with Gasteiger partial charge in [-0.3, -0.25) is 18.7 Å². The highest BCUT2D eigenvalue weighted by atomic mass is 32.2. The third-order valence-corrected chi connectivity index (χ3v) is 10.4. The standard InChI is InChI=1S/C18H36.C15H14N2O9S3/c1-2-3-4-5-6-7-8-9-10-11-12-13-14-15-18-16-17-18;1-7-2-12(18)11(6-13(7)27-15(16)20)17-14(19)8-3-9(28(21,22)23)5-10(4-8)29(24,25)26/h18H,2-17H2,1H3;2-6,18H,1H3,(H2,16,20)(H,17,19)(H,21,22,23)(H,24,25,26). The topological polar surface area (TPSA) is 201 Å². The Balaban J connectivity index is 0.000000366. The van der Waals surface area contributed by atoms with Gasteiger partial charge in [0, 0.05) is 10.5 Å². The molecule has 11 nitrogen and oxygen atoms in total. The Hall–Kier alpha value is -2.65. The van der Waals surface area contributed by atoms with Gasteiger partial charge in [-0.2, -0.15) is 16.8 Å². The Morgan fingerprint density at radius 1 is 0.787 bits per heavy atom. The van der Waals surface area contributed by atoms with Crippen molar-refractivity contribution in [2.75, 3.05) is 5.32 Å². The Bertz CT molecular complexity index is 1490. The lowest BCUT2D eigenvalue weighted by atomic mass is 10.0. The molecular weight excluding hydrogens is 665 g/mol. The molecule has 0 radical (unpaired) electrons. The minimum atomic E-state index is -4.91. The molecule has 14 heteroatoms. The smallest absolute Gasteiger partial charge is 0.294 e. The monoisotopic (exact) mass is 714 g/mol. The third kappa shape index (κ3) is 16.3. The summed E-state index contributed by atoms with van der Waals surface area (Å²) in [7, 11) is -9.82. The first-order valence-electron chi connectivity index (χ1n) is 16.3. The number of anilines is 1. The van der Waals surface area contributed by atoms with Crippen molar-refractivity contribution in [2.45, 2.75) is 131 Å². The number of primary amides is 1. The van der Waals surface area contributed by atoms with Crippen LogP contribution >= 0.6 is 11.8 Å². The van der Waals surface area contributed by atoms with Crippen molar-refractivity contribution in [3.05, 3.63) is 41.5 Å². The maximum Gasteiger partial charge on any atom is 0.294 e. The van der Waals surface area contributed by atoms with Crippen LogP contribution in [0.2, 0.25) is 0 Å². The predicted molar refractivity (Wildman–Crippen MR) is 185 cm³/mol. The van der Waals surface area contributed by atoms with E-state index in [9.17, 15) is 31.5 Å². The highest BCUT2D eigenvalue weighted by Gasteiger charge is 2.22. The average molecular weight is 715 g/mol. The highest BCUT2D eigenvalue weighted by molar-refractivity contribution is 8.13. The van der Waals surface area contributed by atoms with E-state index in [1.807, 2.05) is 0 Å². The number of hydrogen-bond donors (Lipinski definition) is 5. The van der Waals surface area contributed by atoms with Crippen LogP contribution in [-0.2, 0) is 20.2 Å². The van der Waals surface area contributed by atoms with Gasteiger partial charge >= 0.3 is 0 Å². The Kier molecular flexibility index (Phi) is 17.2. The largest absolute Gasteiger partial charge is 0.506 e. The molecule has 0 atom stereocenters. The molecule has 0 aliphatic heterocycles. The van der Waals surface area contributed by atoms with E-state index in [1.165, 1.54) is 115 Å². The summed E-state index contributed by atoms with van der Waals surface area (Å²) in [5.74, 6) is -0.321. The molecule has 0 spiro atoms. The number of rotatable bonds is 19. The zero-order valence-corrected chi connectivity index (χ0v) is 29.8. The number of amides is 2. The van der Waals surface area contributed by atoms with Crippen molar-refractivity contribution < 1.29 is 40.6 Å². The number of carbonyl (C=O) groups is 2. The normalized spacial score (nSPS) is 13.1. The van der Waals surface area contributed by atoms with E-state index in [0.29, 0.717) is 40.4 Å². The number of benzene rings is 2. The van der Waals surface area contributed by atoms with Crippen molar-refractivity contribution in [1.82, 2.24) is 0 Å². The van der Waals surface area contributed by atoms with Crippen LogP contribution in [0, 0.1) is 12.8 Å². The number of phenols is 1. The summed E-state index contributed by atoms with van der Waals surface area (Å²) in [4.78, 5) is 22.0. The van der Waals surface area contributed by atoms with Crippen LogP contribution in [-0.4, -0.2) is 42.2 Å². The van der Waals surface area contributed by atoms with E-state index in [0.717, 1.165) is 5.92 Å². The number of phenolic OH excluding ortho intramolecular Hbond substituents is 1. The van der Waals surface area contributed by atoms with Gasteiger partial charge in [0.15, 0.2) is 0 Å². The lowest BCUT2D eigenvalue weighted by molar-refractivity contribution is 0.102. The molecule has 6 N–H and O–H groups in total. The molecule has 0 aromatic heterocycles. The zero-order chi connectivity index (χ0) is 35.0. The molecule has 0 unspecified atom stereocenters. The van der Waals surface area contributed by atoms with Gasteiger partial charge in [0.25, 0.3) is 31.4 Å². The van der Waals surface area contributed by atoms with E-state index in [1.54, 1.807) is 6.92 Å². The number of aromatic hydroxyl groups is 1. The number of aryl methyl sites for hydroxylation is 1. The molecule has 2 amide bonds. The molecule has 1 aliphatic carbocycles. The van der Waals surface area contributed by atoms with Crippen LogP contribution in [0.1, 0.15) is 126 Å². The number of hydrogen-bond acceptors (Lipinski definition) is 8. The molecule has 47 heavy (non-hydrogen) atoms. The van der Waals surface area contributed by atoms with Crippen LogP contribution in [0.25, 0.3) is 0 Å². The number of carbonyl (C=O) groups excluding carboxylic acids is 2.